The maximum atomic E-state index is 13.0. The fraction of sp³-hybridized carbons (Fsp3) is 0.292. The van der Waals surface area contributed by atoms with E-state index >= 15 is 0 Å². The Balaban J connectivity index is 1.71. The van der Waals surface area contributed by atoms with E-state index in [2.05, 4.69) is 47.7 Å². The van der Waals surface area contributed by atoms with Crippen molar-refractivity contribution in [2.24, 2.45) is 0 Å². The van der Waals surface area contributed by atoms with E-state index in [1.165, 1.54) is 5.56 Å². The minimum atomic E-state index is -0.374. The number of rotatable bonds is 5. The predicted octanol–water partition coefficient (Wildman–Crippen LogP) is 5.79. The Morgan fingerprint density at radius 3 is 2.50 bits per heavy atom. The summed E-state index contributed by atoms with van der Waals surface area (Å²) >= 11 is 0. The number of nitrogens with one attached hydrogen (secondary N) is 1. The number of carbonyl (C=O) groups is 1. The van der Waals surface area contributed by atoms with Crippen LogP contribution in [0.15, 0.2) is 39.4 Å². The Hall–Kier alpha value is -3.41. The van der Waals surface area contributed by atoms with Crippen molar-refractivity contribution in [2.75, 3.05) is 5.32 Å². The molecule has 4 aromatic rings. The summed E-state index contributed by atoms with van der Waals surface area (Å²) in [4.78, 5) is 13.0. The van der Waals surface area contributed by atoms with Crippen molar-refractivity contribution < 1.29 is 13.8 Å². The van der Waals surface area contributed by atoms with Crippen LogP contribution in [-0.2, 0) is 12.8 Å². The highest BCUT2D eigenvalue weighted by Gasteiger charge is 2.23. The molecule has 2 heterocycles. The topological polar surface area (TPSA) is 81.2 Å². The molecule has 0 aliphatic rings. The first-order valence-electron chi connectivity index (χ1n) is 10.2. The zero-order valence-electron chi connectivity index (χ0n) is 17.9. The van der Waals surface area contributed by atoms with Crippen LogP contribution in [-0.4, -0.2) is 16.2 Å². The van der Waals surface area contributed by atoms with Crippen molar-refractivity contribution in [1.82, 2.24) is 10.3 Å². The van der Waals surface area contributed by atoms with Gasteiger partial charge in [0.15, 0.2) is 11.5 Å². The van der Waals surface area contributed by atoms with Crippen molar-refractivity contribution in [3.05, 3.63) is 63.9 Å². The van der Waals surface area contributed by atoms with E-state index in [0.29, 0.717) is 11.3 Å². The van der Waals surface area contributed by atoms with Crippen LogP contribution in [0.3, 0.4) is 0 Å². The highest BCUT2D eigenvalue weighted by atomic mass is 16.6. The van der Waals surface area contributed by atoms with Crippen LogP contribution in [0.25, 0.3) is 22.2 Å². The van der Waals surface area contributed by atoms with Gasteiger partial charge in [-0.3, -0.25) is 10.1 Å². The molecular weight excluding hydrogens is 378 g/mol. The molecule has 0 aliphatic heterocycles. The van der Waals surface area contributed by atoms with Crippen molar-refractivity contribution in [2.45, 2.75) is 47.5 Å². The second-order valence-corrected chi connectivity index (χ2v) is 7.60. The van der Waals surface area contributed by atoms with Crippen LogP contribution in [0.5, 0.6) is 0 Å². The van der Waals surface area contributed by atoms with Crippen LogP contribution in [0.4, 0.5) is 5.82 Å². The molecular formula is C24H25N3O3. The average Bonchev–Trinajstić information content (AvgIpc) is 3.32. The molecule has 0 atom stereocenters. The number of hydrogen-bond donors (Lipinski definition) is 1. The van der Waals surface area contributed by atoms with Gasteiger partial charge in [-0.2, -0.15) is 0 Å². The lowest BCUT2D eigenvalue weighted by Crippen LogP contribution is -2.13. The van der Waals surface area contributed by atoms with E-state index in [9.17, 15) is 4.79 Å². The quantitative estimate of drug-likeness (QED) is 0.456. The molecule has 0 radical (unpaired) electrons. The summed E-state index contributed by atoms with van der Waals surface area (Å²) in [7, 11) is 0. The third-order valence-electron chi connectivity index (χ3n) is 5.70. The second-order valence-electron chi connectivity index (χ2n) is 7.60. The molecule has 2 aromatic carbocycles. The van der Waals surface area contributed by atoms with E-state index in [4.69, 9.17) is 9.05 Å². The van der Waals surface area contributed by atoms with Gasteiger partial charge in [0.2, 0.25) is 5.82 Å². The number of anilines is 1. The van der Waals surface area contributed by atoms with Gasteiger partial charge < -0.3 is 4.42 Å². The molecule has 4 rings (SSSR count). The predicted molar refractivity (Wildman–Crippen MR) is 117 cm³/mol. The lowest BCUT2D eigenvalue weighted by Gasteiger charge is -2.09. The first-order chi connectivity index (χ1) is 14.4. The van der Waals surface area contributed by atoms with Crippen molar-refractivity contribution in [1.29, 1.82) is 0 Å². The smallest absolute Gasteiger partial charge is 0.292 e. The van der Waals surface area contributed by atoms with Gasteiger partial charge in [0, 0.05) is 16.5 Å². The highest BCUT2D eigenvalue weighted by Crippen LogP contribution is 2.32. The largest absolute Gasteiger partial charge is 0.451 e. The minimum Gasteiger partial charge on any atom is -0.451 e. The SMILES string of the molecule is CCc1ccc(CC)c(-c2nonc2NC(=O)c2oc3cc(C)c(C)cc3c2C)c1. The average molecular weight is 403 g/mol. The van der Waals surface area contributed by atoms with E-state index in [1.807, 2.05) is 32.9 Å². The van der Waals surface area contributed by atoms with Crippen molar-refractivity contribution in [3.8, 4) is 11.3 Å². The van der Waals surface area contributed by atoms with Crippen LogP contribution < -0.4 is 5.32 Å². The zero-order valence-corrected chi connectivity index (χ0v) is 17.9. The van der Waals surface area contributed by atoms with Gasteiger partial charge in [-0.25, -0.2) is 4.63 Å². The molecule has 154 valence electrons. The zero-order chi connectivity index (χ0) is 21.4. The fourth-order valence-electron chi connectivity index (χ4n) is 3.68. The third kappa shape index (κ3) is 3.38. The summed E-state index contributed by atoms with van der Waals surface area (Å²) in [6, 6.07) is 10.3. The first-order valence-corrected chi connectivity index (χ1v) is 10.2. The van der Waals surface area contributed by atoms with Gasteiger partial charge in [-0.05, 0) is 84.4 Å². The molecule has 6 heteroatoms. The minimum absolute atomic E-state index is 0.266. The summed E-state index contributed by atoms with van der Waals surface area (Å²) in [5.74, 6) is 0.179. The maximum absolute atomic E-state index is 13.0. The van der Waals surface area contributed by atoms with Gasteiger partial charge in [0.1, 0.15) is 5.58 Å². The van der Waals surface area contributed by atoms with Gasteiger partial charge in [0.25, 0.3) is 5.91 Å². The third-order valence-corrected chi connectivity index (χ3v) is 5.70. The molecule has 0 saturated carbocycles. The Morgan fingerprint density at radius 1 is 1.00 bits per heavy atom. The lowest BCUT2D eigenvalue weighted by molar-refractivity contribution is 0.0997. The fourth-order valence-corrected chi connectivity index (χ4v) is 3.68. The van der Waals surface area contributed by atoms with Crippen LogP contribution in [0, 0.1) is 20.8 Å². The summed E-state index contributed by atoms with van der Waals surface area (Å²) in [6.45, 7) is 10.1. The molecule has 0 bridgehead atoms. The summed E-state index contributed by atoms with van der Waals surface area (Å²) in [5, 5.41) is 11.8. The van der Waals surface area contributed by atoms with Gasteiger partial charge in [0.05, 0.1) is 0 Å². The van der Waals surface area contributed by atoms with E-state index in [1.54, 1.807) is 0 Å². The molecule has 1 N–H and O–H groups in total. The number of fused-ring (bicyclic) bond motifs is 1. The van der Waals surface area contributed by atoms with E-state index in [-0.39, 0.29) is 17.5 Å². The number of aromatic nitrogens is 2. The number of nitrogens with zero attached hydrogens (tertiary/aromatic N) is 2. The van der Waals surface area contributed by atoms with E-state index in [0.717, 1.165) is 46.0 Å². The molecule has 2 aromatic heterocycles. The van der Waals surface area contributed by atoms with Crippen molar-refractivity contribution >= 4 is 22.7 Å². The van der Waals surface area contributed by atoms with Crippen LogP contribution >= 0.6 is 0 Å². The van der Waals surface area contributed by atoms with E-state index < -0.39 is 0 Å². The molecule has 30 heavy (non-hydrogen) atoms. The molecule has 0 aliphatic carbocycles. The highest BCUT2D eigenvalue weighted by molar-refractivity contribution is 6.07. The molecule has 0 spiro atoms. The summed E-state index contributed by atoms with van der Waals surface area (Å²) < 4.78 is 10.9. The molecule has 6 nitrogen and oxygen atoms in total. The number of amides is 1. The second kappa shape index (κ2) is 7.78. The van der Waals surface area contributed by atoms with Crippen LogP contribution in [0.1, 0.15) is 52.2 Å². The lowest BCUT2D eigenvalue weighted by atomic mass is 9.98. The van der Waals surface area contributed by atoms with Gasteiger partial charge in [-0.1, -0.05) is 26.0 Å². The standard InChI is InChI=1S/C24H25N3O3/c1-6-16-8-9-17(7-2)19(12-16)21-23(27-30-26-21)25-24(28)22-15(5)18-10-13(3)14(4)11-20(18)29-22/h8-12H,6-7H2,1-5H3,(H,25,27,28). The first kappa shape index (κ1) is 19.9. The Bertz CT molecular complexity index is 1250. The molecule has 0 unspecified atom stereocenters. The monoisotopic (exact) mass is 403 g/mol. The van der Waals surface area contributed by atoms with Crippen LogP contribution in [0.2, 0.25) is 0 Å². The number of furan rings is 1. The normalized spacial score (nSPS) is 11.2. The Labute approximate surface area is 175 Å². The number of hydrogen-bond acceptors (Lipinski definition) is 5. The maximum Gasteiger partial charge on any atom is 0.292 e. The number of benzene rings is 2. The Morgan fingerprint density at radius 2 is 1.77 bits per heavy atom. The van der Waals surface area contributed by atoms with Gasteiger partial charge >= 0.3 is 0 Å². The summed E-state index contributed by atoms with van der Waals surface area (Å²) in [6.07, 6.45) is 1.74. The number of aryl methyl sites for hydroxylation is 5. The van der Waals surface area contributed by atoms with Crippen molar-refractivity contribution in [3.63, 3.8) is 0 Å². The Kier molecular flexibility index (Phi) is 5.16. The molecule has 0 fully saturated rings. The number of carbonyl (C=O) groups excluding carboxylic acids is 1. The van der Waals surface area contributed by atoms with Gasteiger partial charge in [-0.15, -0.1) is 0 Å². The molecule has 1 amide bonds. The summed E-state index contributed by atoms with van der Waals surface area (Å²) in [5.41, 5.74) is 7.51. The molecule has 0 saturated heterocycles.